The van der Waals surface area contributed by atoms with Crippen molar-refractivity contribution in [3.63, 3.8) is 0 Å². The quantitative estimate of drug-likeness (QED) is 0.424. The van der Waals surface area contributed by atoms with Crippen molar-refractivity contribution >= 4 is 5.69 Å². The maximum absolute atomic E-state index is 10.0. The van der Waals surface area contributed by atoms with Crippen molar-refractivity contribution in [1.29, 1.82) is 0 Å². The maximum atomic E-state index is 10.0. The summed E-state index contributed by atoms with van der Waals surface area (Å²) in [5, 5.41) is 10.0. The van der Waals surface area contributed by atoms with Gasteiger partial charge in [0.2, 0.25) is 0 Å². The van der Waals surface area contributed by atoms with Gasteiger partial charge in [0.25, 0.3) is 0 Å². The molecule has 0 amide bonds. The molecule has 9 heavy (non-hydrogen) atoms. The fraction of sp³-hybridized carbons (Fsp3) is 0.200. The molecule has 4 nitrogen and oxygen atoms in total. The summed E-state index contributed by atoms with van der Waals surface area (Å²) in [6, 6.07) is 1.33. The van der Waals surface area contributed by atoms with Gasteiger partial charge in [0.15, 0.2) is 5.76 Å². The first-order valence-corrected chi connectivity index (χ1v) is 2.40. The van der Waals surface area contributed by atoms with Crippen molar-refractivity contribution in [2.45, 2.75) is 6.92 Å². The van der Waals surface area contributed by atoms with Gasteiger partial charge in [-0.2, -0.15) is 0 Å². The van der Waals surface area contributed by atoms with E-state index < -0.39 is 4.92 Å². The minimum Gasteiger partial charge on any atom is -0.462 e. The zero-order chi connectivity index (χ0) is 6.85. The molecule has 0 N–H and O–H groups in total. The molecule has 1 aromatic rings. The Morgan fingerprint density at radius 1 is 1.78 bits per heavy atom. The Hall–Kier alpha value is -1.32. The highest BCUT2D eigenvalue weighted by atomic mass is 16.6. The third kappa shape index (κ3) is 0.910. The van der Waals surface area contributed by atoms with E-state index in [-0.39, 0.29) is 5.69 Å². The van der Waals surface area contributed by atoms with E-state index in [0.717, 1.165) is 0 Å². The predicted molar refractivity (Wildman–Crippen MR) is 30.1 cm³/mol. The fourth-order valence-electron chi connectivity index (χ4n) is 0.568. The van der Waals surface area contributed by atoms with E-state index in [2.05, 4.69) is 4.42 Å². The standard InChI is InChI=1S/C5H5NO3/c1-4-5(6(7)8)2-3-9-4/h2-3H,1H3. The number of hydrogen-bond acceptors (Lipinski definition) is 3. The average molecular weight is 127 g/mol. The molecule has 0 spiro atoms. The van der Waals surface area contributed by atoms with Crippen LogP contribution in [-0.2, 0) is 0 Å². The lowest BCUT2D eigenvalue weighted by molar-refractivity contribution is -0.385. The van der Waals surface area contributed by atoms with Crippen molar-refractivity contribution in [1.82, 2.24) is 0 Å². The zero-order valence-electron chi connectivity index (χ0n) is 4.83. The zero-order valence-corrected chi connectivity index (χ0v) is 4.83. The monoisotopic (exact) mass is 127 g/mol. The SMILES string of the molecule is Cc1occc1[N+](=O)[O-]. The minimum absolute atomic E-state index is 0.0370. The minimum atomic E-state index is -0.473. The Morgan fingerprint density at radius 3 is 2.67 bits per heavy atom. The van der Waals surface area contributed by atoms with Crippen molar-refractivity contribution < 1.29 is 9.34 Å². The molecule has 0 radical (unpaired) electrons. The summed E-state index contributed by atoms with van der Waals surface area (Å²) in [7, 11) is 0. The van der Waals surface area contributed by atoms with Gasteiger partial charge in [0, 0.05) is 6.92 Å². The number of aryl methyl sites for hydroxylation is 1. The Morgan fingerprint density at radius 2 is 2.44 bits per heavy atom. The second-order valence-electron chi connectivity index (χ2n) is 1.62. The summed E-state index contributed by atoms with van der Waals surface area (Å²) in [6.45, 7) is 1.55. The van der Waals surface area contributed by atoms with E-state index in [1.165, 1.54) is 12.3 Å². The van der Waals surface area contributed by atoms with Crippen LogP contribution in [-0.4, -0.2) is 4.92 Å². The molecule has 0 aromatic carbocycles. The van der Waals surface area contributed by atoms with Crippen LogP contribution in [0.15, 0.2) is 16.7 Å². The molecule has 1 heterocycles. The van der Waals surface area contributed by atoms with Crippen molar-refractivity contribution in [2.24, 2.45) is 0 Å². The molecule has 0 aliphatic heterocycles. The van der Waals surface area contributed by atoms with Crippen LogP contribution in [0, 0.1) is 17.0 Å². The molecule has 48 valence electrons. The number of hydrogen-bond donors (Lipinski definition) is 0. The summed E-state index contributed by atoms with van der Waals surface area (Å²) >= 11 is 0. The van der Waals surface area contributed by atoms with E-state index in [0.29, 0.717) is 5.76 Å². The topological polar surface area (TPSA) is 56.3 Å². The van der Waals surface area contributed by atoms with Crippen LogP contribution in [0.1, 0.15) is 5.76 Å². The lowest BCUT2D eigenvalue weighted by Crippen LogP contribution is -1.85. The van der Waals surface area contributed by atoms with Crippen LogP contribution >= 0.6 is 0 Å². The molecule has 0 fully saturated rings. The van der Waals surface area contributed by atoms with E-state index in [1.54, 1.807) is 6.92 Å². The van der Waals surface area contributed by atoms with Gasteiger partial charge in [-0.15, -0.1) is 0 Å². The molecule has 4 heteroatoms. The molecule has 0 aliphatic rings. The predicted octanol–water partition coefficient (Wildman–Crippen LogP) is 1.50. The normalized spacial score (nSPS) is 9.44. The molecule has 0 saturated carbocycles. The van der Waals surface area contributed by atoms with Gasteiger partial charge in [-0.1, -0.05) is 0 Å². The summed E-state index contributed by atoms with van der Waals surface area (Å²) in [5.74, 6) is 0.347. The Balaban J connectivity index is 3.08. The summed E-state index contributed by atoms with van der Waals surface area (Å²) < 4.78 is 4.68. The number of furan rings is 1. The third-order valence-electron chi connectivity index (χ3n) is 1.03. The van der Waals surface area contributed by atoms with Crippen molar-refractivity contribution in [3.05, 3.63) is 28.2 Å². The molecular formula is C5H5NO3. The number of nitro groups is 1. The van der Waals surface area contributed by atoms with Gasteiger partial charge in [-0.3, -0.25) is 10.1 Å². The molecule has 0 aliphatic carbocycles. The molecule has 1 rings (SSSR count). The smallest absolute Gasteiger partial charge is 0.310 e. The largest absolute Gasteiger partial charge is 0.462 e. The summed E-state index contributed by atoms with van der Waals surface area (Å²) in [6.07, 6.45) is 1.30. The molecule has 0 bridgehead atoms. The third-order valence-corrected chi connectivity index (χ3v) is 1.03. The summed E-state index contributed by atoms with van der Waals surface area (Å²) in [5.41, 5.74) is 0.0370. The molecule has 0 unspecified atom stereocenters. The van der Waals surface area contributed by atoms with Gasteiger partial charge in [-0.25, -0.2) is 0 Å². The second-order valence-corrected chi connectivity index (χ2v) is 1.62. The van der Waals surface area contributed by atoms with Gasteiger partial charge in [0.05, 0.1) is 17.3 Å². The van der Waals surface area contributed by atoms with E-state index in [4.69, 9.17) is 0 Å². The highest BCUT2D eigenvalue weighted by molar-refractivity contribution is 5.30. The van der Waals surface area contributed by atoms with E-state index in [9.17, 15) is 10.1 Å². The Bertz CT molecular complexity index is 228. The highest BCUT2D eigenvalue weighted by Crippen LogP contribution is 2.16. The van der Waals surface area contributed by atoms with Gasteiger partial charge < -0.3 is 4.42 Å². The van der Waals surface area contributed by atoms with Gasteiger partial charge in [0.1, 0.15) is 0 Å². The molecule has 1 aromatic heterocycles. The van der Waals surface area contributed by atoms with Crippen molar-refractivity contribution in [3.8, 4) is 0 Å². The number of rotatable bonds is 1. The Kier molecular flexibility index (Phi) is 1.22. The molecule has 0 saturated heterocycles. The van der Waals surface area contributed by atoms with Crippen LogP contribution in [0.4, 0.5) is 5.69 Å². The first kappa shape index (κ1) is 5.81. The molecule has 0 atom stereocenters. The van der Waals surface area contributed by atoms with E-state index >= 15 is 0 Å². The molecular weight excluding hydrogens is 122 g/mol. The summed E-state index contributed by atoms with van der Waals surface area (Å²) in [4.78, 5) is 9.56. The number of nitrogens with zero attached hydrogens (tertiary/aromatic N) is 1. The lowest BCUT2D eigenvalue weighted by Gasteiger charge is -1.82. The second kappa shape index (κ2) is 1.89. The fourth-order valence-corrected chi connectivity index (χ4v) is 0.568. The van der Waals surface area contributed by atoms with Crippen LogP contribution < -0.4 is 0 Å². The Labute approximate surface area is 51.2 Å². The first-order chi connectivity index (χ1) is 4.22. The van der Waals surface area contributed by atoms with Gasteiger partial charge in [-0.05, 0) is 0 Å². The average Bonchev–Trinajstić information content (AvgIpc) is 2.13. The first-order valence-electron chi connectivity index (χ1n) is 2.40. The van der Waals surface area contributed by atoms with Gasteiger partial charge >= 0.3 is 5.69 Å². The van der Waals surface area contributed by atoms with E-state index in [1.807, 2.05) is 0 Å². The lowest BCUT2D eigenvalue weighted by atomic mass is 10.4. The van der Waals surface area contributed by atoms with Crippen molar-refractivity contribution in [2.75, 3.05) is 0 Å². The highest BCUT2D eigenvalue weighted by Gasteiger charge is 2.10. The maximum Gasteiger partial charge on any atom is 0.310 e. The van der Waals surface area contributed by atoms with Crippen LogP contribution in [0.3, 0.4) is 0 Å². The van der Waals surface area contributed by atoms with Crippen LogP contribution in [0.25, 0.3) is 0 Å². The van der Waals surface area contributed by atoms with Crippen LogP contribution in [0.2, 0.25) is 0 Å². The van der Waals surface area contributed by atoms with Crippen LogP contribution in [0.5, 0.6) is 0 Å².